The Morgan fingerprint density at radius 3 is 2.70 bits per heavy atom. The molecular formula is C17H24N2O3S. The topological polar surface area (TPSA) is 61.8 Å². The van der Waals surface area contributed by atoms with Crippen molar-refractivity contribution in [2.75, 3.05) is 42.2 Å². The molecular weight excluding hydrogens is 312 g/mol. The van der Waals surface area contributed by atoms with Crippen molar-refractivity contribution in [3.05, 3.63) is 23.8 Å². The summed E-state index contributed by atoms with van der Waals surface area (Å²) < 4.78 is 8.15. The van der Waals surface area contributed by atoms with Crippen molar-refractivity contribution >= 4 is 29.3 Å². The third-order valence-corrected chi connectivity index (χ3v) is 5.68. The van der Waals surface area contributed by atoms with E-state index < -0.39 is 0 Å². The molecule has 0 radical (unpaired) electrons. The molecule has 2 aliphatic rings. The molecule has 0 bridgehead atoms. The molecule has 0 atom stereocenters. The second-order valence-corrected chi connectivity index (χ2v) is 7.29. The van der Waals surface area contributed by atoms with Crippen molar-refractivity contribution in [2.24, 2.45) is 5.41 Å². The molecule has 1 spiro atoms. The lowest BCUT2D eigenvalue weighted by molar-refractivity contribution is 0.0601. The van der Waals surface area contributed by atoms with Gasteiger partial charge in [0.2, 0.25) is 0 Å². The lowest BCUT2D eigenvalue weighted by Crippen LogP contribution is -2.35. The van der Waals surface area contributed by atoms with E-state index in [0.717, 1.165) is 24.5 Å². The van der Waals surface area contributed by atoms with E-state index in [2.05, 4.69) is 9.62 Å². The van der Waals surface area contributed by atoms with Crippen LogP contribution in [0.4, 0.5) is 11.4 Å². The van der Waals surface area contributed by atoms with Crippen molar-refractivity contribution in [1.29, 1.82) is 0 Å². The number of aliphatic hydroxyl groups excluding tert-OH is 1. The molecule has 1 aliphatic carbocycles. The summed E-state index contributed by atoms with van der Waals surface area (Å²) in [6, 6.07) is 5.72. The third kappa shape index (κ3) is 3.75. The molecule has 1 aromatic rings. The van der Waals surface area contributed by atoms with Gasteiger partial charge < -0.3 is 19.5 Å². The fourth-order valence-electron chi connectivity index (χ4n) is 3.22. The first kappa shape index (κ1) is 16.5. The Balaban J connectivity index is 1.78. The maximum Gasteiger partial charge on any atom is 0.339 e. The summed E-state index contributed by atoms with van der Waals surface area (Å²) in [6.07, 6.45) is 5.16. The van der Waals surface area contributed by atoms with Crippen LogP contribution in [0.15, 0.2) is 18.2 Å². The maximum absolute atomic E-state index is 12.1. The van der Waals surface area contributed by atoms with Gasteiger partial charge in [0.05, 0.1) is 25.0 Å². The zero-order chi connectivity index (χ0) is 16.3. The fourth-order valence-corrected chi connectivity index (χ4v) is 3.71. The number of anilines is 2. The summed E-state index contributed by atoms with van der Waals surface area (Å²) in [4.78, 5) is 14.4. The second-order valence-electron chi connectivity index (χ2n) is 6.38. The number of piperidine rings is 1. The van der Waals surface area contributed by atoms with Crippen LogP contribution >= 0.6 is 11.9 Å². The average molecular weight is 336 g/mol. The molecule has 6 heteroatoms. The van der Waals surface area contributed by atoms with Gasteiger partial charge in [-0.3, -0.25) is 0 Å². The van der Waals surface area contributed by atoms with E-state index in [1.165, 1.54) is 44.7 Å². The molecule has 3 rings (SSSR count). The molecule has 1 aliphatic heterocycles. The fraction of sp³-hybridized carbons (Fsp3) is 0.588. The highest BCUT2D eigenvalue weighted by atomic mass is 32.2. The van der Waals surface area contributed by atoms with Crippen LogP contribution in [0, 0.1) is 5.41 Å². The summed E-state index contributed by atoms with van der Waals surface area (Å²) in [5.41, 5.74) is 3.12. The van der Waals surface area contributed by atoms with Crippen LogP contribution in [0.2, 0.25) is 0 Å². The monoisotopic (exact) mass is 336 g/mol. The average Bonchev–Trinajstić information content (AvgIpc) is 3.34. The van der Waals surface area contributed by atoms with Crippen LogP contribution in [0.25, 0.3) is 0 Å². The zero-order valence-corrected chi connectivity index (χ0v) is 14.3. The molecule has 0 amide bonds. The summed E-state index contributed by atoms with van der Waals surface area (Å²) in [5.74, 6) is 0.335. The van der Waals surface area contributed by atoms with Crippen LogP contribution in [-0.2, 0) is 4.74 Å². The number of carbonyl (C=O) groups is 1. The van der Waals surface area contributed by atoms with Gasteiger partial charge >= 0.3 is 5.97 Å². The predicted molar refractivity (Wildman–Crippen MR) is 94.1 cm³/mol. The second kappa shape index (κ2) is 7.01. The molecule has 5 nitrogen and oxygen atoms in total. The summed E-state index contributed by atoms with van der Waals surface area (Å²) in [6.45, 7) is 2.13. The number of aliphatic hydroxyl groups is 1. The zero-order valence-electron chi connectivity index (χ0n) is 13.5. The number of hydrogen-bond acceptors (Lipinski definition) is 6. The standard InChI is InChI=1S/C17H24N2O3S/c1-22-16(21)14-3-2-13(18-23-11-10-20)12-15(14)19-8-6-17(4-5-17)7-9-19/h2-3,12,18,20H,4-11H2,1H3. The minimum Gasteiger partial charge on any atom is -0.465 e. The van der Waals surface area contributed by atoms with E-state index in [4.69, 9.17) is 9.84 Å². The first-order valence-electron chi connectivity index (χ1n) is 8.13. The number of nitrogens with one attached hydrogen (secondary N) is 1. The predicted octanol–water partition coefficient (Wildman–Crippen LogP) is 2.91. The van der Waals surface area contributed by atoms with Gasteiger partial charge in [-0.05, 0) is 49.3 Å². The van der Waals surface area contributed by atoms with Crippen LogP contribution < -0.4 is 9.62 Å². The number of methoxy groups -OCH3 is 1. The molecule has 1 saturated heterocycles. The van der Waals surface area contributed by atoms with Gasteiger partial charge in [0.1, 0.15) is 0 Å². The van der Waals surface area contributed by atoms with Gasteiger partial charge in [0, 0.05) is 24.5 Å². The van der Waals surface area contributed by atoms with Crippen molar-refractivity contribution in [3.8, 4) is 0 Å². The third-order valence-electron chi connectivity index (χ3n) is 4.91. The van der Waals surface area contributed by atoms with Crippen LogP contribution in [0.5, 0.6) is 0 Å². The van der Waals surface area contributed by atoms with E-state index in [1.54, 1.807) is 0 Å². The molecule has 1 heterocycles. The smallest absolute Gasteiger partial charge is 0.339 e. The van der Waals surface area contributed by atoms with E-state index in [1.807, 2.05) is 18.2 Å². The van der Waals surface area contributed by atoms with Crippen molar-refractivity contribution in [1.82, 2.24) is 0 Å². The van der Waals surface area contributed by atoms with Gasteiger partial charge in [-0.25, -0.2) is 4.79 Å². The SMILES string of the molecule is COC(=O)c1ccc(NSCCO)cc1N1CCC2(CC1)CC2. The number of nitrogens with zero attached hydrogens (tertiary/aromatic N) is 1. The Labute approximate surface area is 141 Å². The molecule has 1 aromatic carbocycles. The van der Waals surface area contributed by atoms with Crippen LogP contribution in [0.1, 0.15) is 36.0 Å². The number of benzene rings is 1. The lowest BCUT2D eigenvalue weighted by atomic mass is 9.93. The number of rotatable bonds is 6. The first-order valence-corrected chi connectivity index (χ1v) is 9.12. The molecule has 0 unspecified atom stereocenters. The van der Waals surface area contributed by atoms with Gasteiger partial charge in [0.15, 0.2) is 0 Å². The maximum atomic E-state index is 12.1. The Hall–Kier alpha value is -1.40. The largest absolute Gasteiger partial charge is 0.465 e. The Morgan fingerprint density at radius 2 is 2.09 bits per heavy atom. The minimum absolute atomic E-state index is 0.138. The highest BCUT2D eigenvalue weighted by Gasteiger charge is 2.44. The number of ether oxygens (including phenoxy) is 1. The molecule has 2 fully saturated rings. The Bertz CT molecular complexity index is 565. The van der Waals surface area contributed by atoms with Crippen molar-refractivity contribution < 1.29 is 14.6 Å². The van der Waals surface area contributed by atoms with Crippen molar-refractivity contribution in [3.63, 3.8) is 0 Å². The minimum atomic E-state index is -0.290. The normalized spacial score (nSPS) is 18.8. The Kier molecular flexibility index (Phi) is 5.02. The van der Waals surface area contributed by atoms with E-state index in [9.17, 15) is 4.79 Å². The highest BCUT2D eigenvalue weighted by Crippen LogP contribution is 2.54. The molecule has 2 N–H and O–H groups in total. The van der Waals surface area contributed by atoms with E-state index in [-0.39, 0.29) is 12.6 Å². The summed E-state index contributed by atoms with van der Waals surface area (Å²) >= 11 is 1.46. The van der Waals surface area contributed by atoms with Gasteiger partial charge in [0.25, 0.3) is 0 Å². The van der Waals surface area contributed by atoms with E-state index >= 15 is 0 Å². The van der Waals surface area contributed by atoms with Gasteiger partial charge in [-0.1, -0.05) is 11.9 Å². The van der Waals surface area contributed by atoms with Gasteiger partial charge in [-0.2, -0.15) is 0 Å². The summed E-state index contributed by atoms with van der Waals surface area (Å²) in [7, 11) is 1.42. The van der Waals surface area contributed by atoms with E-state index in [0.29, 0.717) is 16.7 Å². The van der Waals surface area contributed by atoms with Crippen LogP contribution in [-0.4, -0.2) is 43.6 Å². The quantitative estimate of drug-likeness (QED) is 0.473. The molecule has 0 aromatic heterocycles. The molecule has 23 heavy (non-hydrogen) atoms. The molecule has 126 valence electrons. The van der Waals surface area contributed by atoms with Crippen LogP contribution in [0.3, 0.4) is 0 Å². The first-order chi connectivity index (χ1) is 11.2. The number of hydrogen-bond donors (Lipinski definition) is 2. The summed E-state index contributed by atoms with van der Waals surface area (Å²) in [5, 5.41) is 8.88. The number of esters is 1. The number of carbonyl (C=O) groups excluding carboxylic acids is 1. The highest BCUT2D eigenvalue weighted by molar-refractivity contribution is 8.00. The Morgan fingerprint density at radius 1 is 1.35 bits per heavy atom. The lowest BCUT2D eigenvalue weighted by Gasteiger charge is -2.35. The van der Waals surface area contributed by atoms with Gasteiger partial charge in [-0.15, -0.1) is 0 Å². The van der Waals surface area contributed by atoms with Crippen molar-refractivity contribution in [2.45, 2.75) is 25.7 Å². The molecule has 1 saturated carbocycles.